The van der Waals surface area contributed by atoms with Gasteiger partial charge in [-0.05, 0) is 31.2 Å². The number of imidazole rings is 1. The zero-order valence-electron chi connectivity index (χ0n) is 14.3. The Bertz CT molecular complexity index is 779. The summed E-state index contributed by atoms with van der Waals surface area (Å²) in [5.41, 5.74) is 0.427. The quantitative estimate of drug-likeness (QED) is 0.913. The molecule has 2 aliphatic rings. The number of nitrogens with one attached hydrogen (secondary N) is 1. The smallest absolute Gasteiger partial charge is 0.271 e. The third-order valence-corrected chi connectivity index (χ3v) is 6.08. The van der Waals surface area contributed by atoms with Gasteiger partial charge >= 0.3 is 0 Å². The average molecular weight is 358 g/mol. The van der Waals surface area contributed by atoms with Crippen molar-refractivity contribution in [2.45, 2.75) is 45.3 Å². The first kappa shape index (κ1) is 16.3. The Hall–Kier alpha value is -2.15. The highest BCUT2D eigenvalue weighted by Gasteiger charge is 2.36. The lowest BCUT2D eigenvalue weighted by Crippen LogP contribution is -2.45. The SMILES string of the molecule is CC1c2nc(C(=O)NCc3cccs3)cn2CCN1C(=O)C1CCC1. The Morgan fingerprint density at radius 3 is 2.88 bits per heavy atom. The average Bonchev–Trinajstić information content (AvgIpc) is 3.21. The lowest BCUT2D eigenvalue weighted by Gasteiger charge is -2.38. The minimum absolute atomic E-state index is 0.0827. The second-order valence-electron chi connectivity index (χ2n) is 6.78. The molecule has 4 rings (SSSR count). The fourth-order valence-corrected chi connectivity index (χ4v) is 4.11. The maximum absolute atomic E-state index is 12.6. The van der Waals surface area contributed by atoms with Crippen LogP contribution in [0.4, 0.5) is 0 Å². The van der Waals surface area contributed by atoms with E-state index in [1.54, 1.807) is 17.5 Å². The molecule has 1 N–H and O–H groups in total. The fraction of sp³-hybridized carbons (Fsp3) is 0.500. The van der Waals surface area contributed by atoms with Gasteiger partial charge in [0.25, 0.3) is 5.91 Å². The van der Waals surface area contributed by atoms with E-state index >= 15 is 0 Å². The predicted octanol–water partition coefficient (Wildman–Crippen LogP) is 2.58. The summed E-state index contributed by atoms with van der Waals surface area (Å²) in [7, 11) is 0. The molecule has 1 unspecified atom stereocenters. The number of fused-ring (bicyclic) bond motifs is 1. The summed E-state index contributed by atoms with van der Waals surface area (Å²) < 4.78 is 2.01. The number of rotatable bonds is 4. The van der Waals surface area contributed by atoms with Crippen molar-refractivity contribution in [3.05, 3.63) is 40.1 Å². The molecule has 2 amide bonds. The molecule has 0 radical (unpaired) electrons. The Balaban J connectivity index is 1.45. The lowest BCUT2D eigenvalue weighted by molar-refractivity contribution is -0.141. The molecule has 3 heterocycles. The summed E-state index contributed by atoms with van der Waals surface area (Å²) in [6.45, 7) is 3.90. The second kappa shape index (κ2) is 6.63. The molecule has 25 heavy (non-hydrogen) atoms. The summed E-state index contributed by atoms with van der Waals surface area (Å²) in [6, 6.07) is 3.88. The summed E-state index contributed by atoms with van der Waals surface area (Å²) in [6.07, 6.45) is 4.97. The van der Waals surface area contributed by atoms with E-state index in [4.69, 9.17) is 0 Å². The van der Waals surface area contributed by atoms with Crippen LogP contribution >= 0.6 is 11.3 Å². The first-order chi connectivity index (χ1) is 12.1. The predicted molar refractivity (Wildman–Crippen MR) is 95.2 cm³/mol. The van der Waals surface area contributed by atoms with Crippen LogP contribution in [0.3, 0.4) is 0 Å². The zero-order valence-corrected chi connectivity index (χ0v) is 15.1. The van der Waals surface area contributed by atoms with Crippen molar-refractivity contribution in [2.75, 3.05) is 6.54 Å². The van der Waals surface area contributed by atoms with E-state index in [-0.39, 0.29) is 23.8 Å². The van der Waals surface area contributed by atoms with Crippen LogP contribution in [0.2, 0.25) is 0 Å². The zero-order chi connectivity index (χ0) is 17.4. The minimum Gasteiger partial charge on any atom is -0.346 e. The third-order valence-electron chi connectivity index (χ3n) is 5.20. The first-order valence-electron chi connectivity index (χ1n) is 8.81. The van der Waals surface area contributed by atoms with Crippen molar-refractivity contribution >= 4 is 23.2 Å². The highest BCUT2D eigenvalue weighted by Crippen LogP contribution is 2.33. The molecular weight excluding hydrogens is 336 g/mol. The number of carbonyl (C=O) groups excluding carboxylic acids is 2. The number of aromatic nitrogens is 2. The Labute approximate surface area is 150 Å². The maximum atomic E-state index is 12.6. The van der Waals surface area contributed by atoms with E-state index in [1.807, 2.05) is 33.9 Å². The van der Waals surface area contributed by atoms with Gasteiger partial charge in [0.05, 0.1) is 12.6 Å². The van der Waals surface area contributed by atoms with Crippen LogP contribution in [-0.2, 0) is 17.9 Å². The molecule has 1 fully saturated rings. The van der Waals surface area contributed by atoms with Crippen LogP contribution in [0, 0.1) is 5.92 Å². The number of thiophene rings is 1. The standard InChI is InChI=1S/C18H22N4O2S/c1-12-16-20-15(17(23)19-10-14-6-3-9-25-14)11-21(16)7-8-22(12)18(24)13-4-2-5-13/h3,6,9,11-13H,2,4-5,7-8,10H2,1H3,(H,19,23). The van der Waals surface area contributed by atoms with Crippen LogP contribution in [0.25, 0.3) is 0 Å². The van der Waals surface area contributed by atoms with Crippen LogP contribution in [-0.4, -0.2) is 32.8 Å². The van der Waals surface area contributed by atoms with E-state index in [9.17, 15) is 9.59 Å². The number of hydrogen-bond donors (Lipinski definition) is 1. The molecule has 0 spiro atoms. The highest BCUT2D eigenvalue weighted by molar-refractivity contribution is 7.09. The van der Waals surface area contributed by atoms with Gasteiger partial charge in [0.2, 0.25) is 5.91 Å². The van der Waals surface area contributed by atoms with Crippen molar-refractivity contribution in [3.8, 4) is 0 Å². The molecule has 6 nitrogen and oxygen atoms in total. The van der Waals surface area contributed by atoms with Gasteiger partial charge < -0.3 is 14.8 Å². The van der Waals surface area contributed by atoms with Gasteiger partial charge in [-0.3, -0.25) is 9.59 Å². The van der Waals surface area contributed by atoms with Crippen molar-refractivity contribution in [1.82, 2.24) is 19.8 Å². The van der Waals surface area contributed by atoms with Crippen LogP contribution in [0.5, 0.6) is 0 Å². The van der Waals surface area contributed by atoms with Gasteiger partial charge in [-0.2, -0.15) is 0 Å². The van der Waals surface area contributed by atoms with Gasteiger partial charge in [-0.15, -0.1) is 11.3 Å². The maximum Gasteiger partial charge on any atom is 0.271 e. The number of hydrogen-bond acceptors (Lipinski definition) is 4. The summed E-state index contributed by atoms with van der Waals surface area (Å²) in [5, 5.41) is 4.90. The molecule has 0 bridgehead atoms. The number of nitrogens with zero attached hydrogens (tertiary/aromatic N) is 3. The highest BCUT2D eigenvalue weighted by atomic mass is 32.1. The lowest BCUT2D eigenvalue weighted by atomic mass is 9.84. The summed E-state index contributed by atoms with van der Waals surface area (Å²) in [5.74, 6) is 1.08. The van der Waals surface area contributed by atoms with Crippen LogP contribution < -0.4 is 5.32 Å². The summed E-state index contributed by atoms with van der Waals surface area (Å²) >= 11 is 1.62. The van der Waals surface area contributed by atoms with Gasteiger partial charge in [-0.1, -0.05) is 12.5 Å². The largest absolute Gasteiger partial charge is 0.346 e. The Morgan fingerprint density at radius 1 is 1.36 bits per heavy atom. The molecular formula is C18H22N4O2S. The summed E-state index contributed by atoms with van der Waals surface area (Å²) in [4.78, 5) is 32.5. The normalized spacial score (nSPS) is 20.0. The van der Waals surface area contributed by atoms with Gasteiger partial charge in [0, 0.05) is 30.1 Å². The molecule has 0 aromatic carbocycles. The van der Waals surface area contributed by atoms with E-state index in [0.717, 1.165) is 30.0 Å². The van der Waals surface area contributed by atoms with Gasteiger partial charge in [-0.25, -0.2) is 4.98 Å². The van der Waals surface area contributed by atoms with Gasteiger partial charge in [0.15, 0.2) is 0 Å². The van der Waals surface area contributed by atoms with Crippen molar-refractivity contribution < 1.29 is 9.59 Å². The van der Waals surface area contributed by atoms with E-state index < -0.39 is 0 Å². The Morgan fingerprint density at radius 2 is 2.20 bits per heavy atom. The van der Waals surface area contributed by atoms with Crippen molar-refractivity contribution in [3.63, 3.8) is 0 Å². The molecule has 1 aliphatic carbocycles. The van der Waals surface area contributed by atoms with Crippen LogP contribution in [0.1, 0.15) is 53.4 Å². The van der Waals surface area contributed by atoms with Gasteiger partial charge in [0.1, 0.15) is 11.5 Å². The first-order valence-corrected chi connectivity index (χ1v) is 9.69. The van der Waals surface area contributed by atoms with Crippen molar-refractivity contribution in [2.24, 2.45) is 5.92 Å². The molecule has 7 heteroatoms. The monoisotopic (exact) mass is 358 g/mol. The second-order valence-corrected chi connectivity index (χ2v) is 7.81. The molecule has 132 valence electrons. The number of amides is 2. The molecule has 2 aromatic heterocycles. The van der Waals surface area contributed by atoms with E-state index in [0.29, 0.717) is 25.3 Å². The van der Waals surface area contributed by atoms with E-state index in [2.05, 4.69) is 10.3 Å². The molecule has 1 atom stereocenters. The molecule has 1 saturated carbocycles. The molecule has 1 aliphatic heterocycles. The topological polar surface area (TPSA) is 67.2 Å². The third kappa shape index (κ3) is 3.08. The van der Waals surface area contributed by atoms with E-state index in [1.165, 1.54) is 0 Å². The molecule has 2 aromatic rings. The number of carbonyl (C=O) groups is 2. The Kier molecular flexibility index (Phi) is 4.33. The van der Waals surface area contributed by atoms with Crippen LogP contribution in [0.15, 0.2) is 23.7 Å². The minimum atomic E-state index is -0.167. The van der Waals surface area contributed by atoms with Crippen molar-refractivity contribution in [1.29, 1.82) is 0 Å². The fourth-order valence-electron chi connectivity index (χ4n) is 3.46. The molecule has 0 saturated heterocycles.